The van der Waals surface area contributed by atoms with Crippen molar-refractivity contribution >= 4 is 35.8 Å². The van der Waals surface area contributed by atoms with Crippen LogP contribution >= 0.6 is 0 Å². The molecule has 0 aliphatic carbocycles. The fourth-order valence-electron chi connectivity index (χ4n) is 8.21. The second kappa shape index (κ2) is 47.0. The molecule has 1 rings (SSSR count). The van der Waals surface area contributed by atoms with Crippen molar-refractivity contribution in [3.63, 3.8) is 0 Å². The number of allylic oxidation sites excluding steroid dienone is 4. The molecule has 0 aliphatic heterocycles. The minimum absolute atomic E-state index is 0.0757. The summed E-state index contributed by atoms with van der Waals surface area (Å²) in [5.41, 5.74) is 6.85. The third-order valence-electron chi connectivity index (χ3n) is 12.7. The first-order valence-corrected chi connectivity index (χ1v) is 28.2. The third-order valence-corrected chi connectivity index (χ3v) is 12.7. The summed E-state index contributed by atoms with van der Waals surface area (Å²) < 4.78 is 0. The van der Waals surface area contributed by atoms with Gasteiger partial charge in [-0.1, -0.05) is 153 Å². The first-order valence-electron chi connectivity index (χ1n) is 28.2. The summed E-state index contributed by atoms with van der Waals surface area (Å²) in [7, 11) is 0. The number of nitrogens with zero attached hydrogens (tertiary/aromatic N) is 1. The van der Waals surface area contributed by atoms with Gasteiger partial charge in [0.1, 0.15) is 12.1 Å². The number of aliphatic carboxylic acids is 1. The highest BCUT2D eigenvalue weighted by atomic mass is 16.4. The highest BCUT2D eigenvalue weighted by Gasteiger charge is 2.20. The quantitative estimate of drug-likeness (QED) is 0.0212. The Balaban J connectivity index is 2.44. The Kier molecular flexibility index (Phi) is 42.8. The molecular formula is C58H100N6O6. The van der Waals surface area contributed by atoms with Gasteiger partial charge in [-0.3, -0.25) is 29.0 Å². The van der Waals surface area contributed by atoms with Gasteiger partial charge < -0.3 is 32.1 Å². The Hall–Kier alpha value is -4.32. The molecule has 0 spiro atoms. The second-order valence-electron chi connectivity index (χ2n) is 19.3. The van der Waals surface area contributed by atoms with Gasteiger partial charge >= 0.3 is 5.97 Å². The number of rotatable bonds is 48. The van der Waals surface area contributed by atoms with Crippen molar-refractivity contribution in [3.8, 4) is 0 Å². The molecule has 1 aromatic rings. The number of carbonyl (C=O) groups is 5. The maximum absolute atomic E-state index is 13.4. The van der Waals surface area contributed by atoms with Crippen LogP contribution in [-0.4, -0.2) is 79.2 Å². The Bertz CT molecular complexity index is 1560. The van der Waals surface area contributed by atoms with Crippen LogP contribution in [0.5, 0.6) is 0 Å². The van der Waals surface area contributed by atoms with E-state index in [-0.39, 0.29) is 23.6 Å². The monoisotopic (exact) mass is 977 g/mol. The number of unbranched alkanes of at least 4 members (excludes halogenated alkanes) is 24. The fraction of sp³-hybridized carbons (Fsp3) is 0.724. The van der Waals surface area contributed by atoms with Gasteiger partial charge in [0.15, 0.2) is 0 Å². The summed E-state index contributed by atoms with van der Waals surface area (Å²) >= 11 is 0. The van der Waals surface area contributed by atoms with E-state index in [0.29, 0.717) is 76.7 Å². The van der Waals surface area contributed by atoms with E-state index in [1.807, 2.05) is 0 Å². The third kappa shape index (κ3) is 39.4. The Labute approximate surface area is 425 Å². The molecule has 12 nitrogen and oxygen atoms in total. The van der Waals surface area contributed by atoms with Gasteiger partial charge in [0, 0.05) is 44.3 Å². The van der Waals surface area contributed by atoms with Crippen molar-refractivity contribution in [1.29, 1.82) is 0 Å². The zero-order valence-electron chi connectivity index (χ0n) is 44.2. The van der Waals surface area contributed by atoms with Gasteiger partial charge in [0.2, 0.25) is 17.7 Å². The summed E-state index contributed by atoms with van der Waals surface area (Å²) in [5.74, 6) is -1.50. The minimum Gasteiger partial charge on any atom is -0.480 e. The molecule has 0 saturated carbocycles. The van der Waals surface area contributed by atoms with Crippen molar-refractivity contribution in [2.75, 3.05) is 26.2 Å². The van der Waals surface area contributed by atoms with Gasteiger partial charge in [-0.2, -0.15) is 0 Å². The maximum atomic E-state index is 13.4. The van der Waals surface area contributed by atoms with E-state index in [1.165, 1.54) is 109 Å². The van der Waals surface area contributed by atoms with Crippen LogP contribution in [0.3, 0.4) is 0 Å². The Morgan fingerprint density at radius 2 is 0.986 bits per heavy atom. The summed E-state index contributed by atoms with van der Waals surface area (Å²) in [4.78, 5) is 66.7. The number of carboxylic acid groups (broad SMARTS) is 1. The van der Waals surface area contributed by atoms with Crippen molar-refractivity contribution in [2.24, 2.45) is 10.7 Å². The second-order valence-corrected chi connectivity index (χ2v) is 19.3. The smallest absolute Gasteiger partial charge is 0.320 e. The van der Waals surface area contributed by atoms with E-state index in [2.05, 4.69) is 64.4 Å². The van der Waals surface area contributed by atoms with E-state index < -0.39 is 18.1 Å². The number of carbonyl (C=O) groups excluding carboxylic acids is 4. The van der Waals surface area contributed by atoms with Crippen molar-refractivity contribution in [3.05, 3.63) is 59.7 Å². The summed E-state index contributed by atoms with van der Waals surface area (Å²) in [6.07, 6.45) is 46.9. The van der Waals surface area contributed by atoms with E-state index in [9.17, 15) is 24.0 Å². The number of nitrogens with one attached hydrogen (secondary N) is 4. The molecule has 12 heteroatoms. The number of hydrogen-bond acceptors (Lipinski definition) is 7. The lowest BCUT2D eigenvalue weighted by Crippen LogP contribution is -2.47. The first-order chi connectivity index (χ1) is 34.2. The number of amides is 4. The van der Waals surface area contributed by atoms with Crippen LogP contribution in [0.2, 0.25) is 0 Å². The first kappa shape index (κ1) is 63.7. The maximum Gasteiger partial charge on any atom is 0.320 e. The van der Waals surface area contributed by atoms with Crippen molar-refractivity contribution in [1.82, 2.24) is 21.3 Å². The minimum atomic E-state index is -1.02. The Morgan fingerprint density at radius 3 is 1.50 bits per heavy atom. The van der Waals surface area contributed by atoms with Gasteiger partial charge in [-0.15, -0.1) is 0 Å². The molecular weight excluding hydrogens is 877 g/mol. The van der Waals surface area contributed by atoms with Crippen molar-refractivity contribution in [2.45, 2.75) is 244 Å². The molecule has 0 saturated heterocycles. The van der Waals surface area contributed by atoms with E-state index in [0.717, 1.165) is 69.8 Å². The standard InChI is InChI=1S/C58H100N6O6/c1-3-5-7-9-11-13-15-17-19-21-23-25-27-29-31-39-54(65)61-45-36-34-38-53(64-55(66)40-32-30-28-26-24-22-20-18-16-14-12-10-8-6-4-2)57(68)63-48-47-60-49-50-41-43-51(44-42-50)56(67)62-46-35-33-37-52(59)58(69)70/h17-20,41-44,49,52-53H,3-16,21-40,45-48,59H2,1-2H3,(H,61,65)(H,62,67)(H,63,68)(H,64,66)(H,69,70)/b19-17+,20-18+,60-49?. The summed E-state index contributed by atoms with van der Waals surface area (Å²) in [5, 5.41) is 20.7. The van der Waals surface area contributed by atoms with Crippen LogP contribution in [-0.2, 0) is 19.2 Å². The predicted octanol–water partition coefficient (Wildman–Crippen LogP) is 12.4. The van der Waals surface area contributed by atoms with Crippen LogP contribution in [0, 0.1) is 0 Å². The normalized spacial score (nSPS) is 12.4. The highest BCUT2D eigenvalue weighted by molar-refractivity contribution is 5.95. The molecule has 0 fully saturated rings. The molecule has 1 aromatic carbocycles. The molecule has 0 aromatic heterocycles. The molecule has 0 heterocycles. The molecule has 70 heavy (non-hydrogen) atoms. The molecule has 2 unspecified atom stereocenters. The zero-order chi connectivity index (χ0) is 51.0. The summed E-state index contributed by atoms with van der Waals surface area (Å²) in [6.45, 7) is 6.14. The predicted molar refractivity (Wildman–Crippen MR) is 291 cm³/mol. The number of aliphatic imine (C=N–C) groups is 1. The van der Waals surface area contributed by atoms with Gasteiger partial charge in [-0.05, 0) is 120 Å². The van der Waals surface area contributed by atoms with E-state index in [1.54, 1.807) is 30.5 Å². The SMILES string of the molecule is CCCCCCCC/C=C/CCCCCCCC(=O)NCCCCC(NC(=O)CCCCCCC/C=C/CCCCCCCC)C(=O)NCCN=Cc1ccc(C(=O)NCCCCC(N)C(=O)O)cc1. The molecule has 0 bridgehead atoms. The molecule has 398 valence electrons. The molecule has 2 atom stereocenters. The van der Waals surface area contributed by atoms with Gasteiger partial charge in [-0.25, -0.2) is 0 Å². The number of carboxylic acids is 1. The van der Waals surface area contributed by atoms with Crippen LogP contribution in [0.25, 0.3) is 0 Å². The lowest BCUT2D eigenvalue weighted by molar-refractivity contribution is -0.138. The zero-order valence-corrected chi connectivity index (χ0v) is 44.2. The number of benzene rings is 1. The van der Waals surface area contributed by atoms with Gasteiger partial charge in [0.05, 0.1) is 6.54 Å². The van der Waals surface area contributed by atoms with Gasteiger partial charge in [0.25, 0.3) is 5.91 Å². The topological polar surface area (TPSA) is 192 Å². The lowest BCUT2D eigenvalue weighted by atomic mass is 10.1. The lowest BCUT2D eigenvalue weighted by Gasteiger charge is -2.18. The highest BCUT2D eigenvalue weighted by Crippen LogP contribution is 2.13. The van der Waals surface area contributed by atoms with Crippen LogP contribution in [0.1, 0.15) is 248 Å². The summed E-state index contributed by atoms with van der Waals surface area (Å²) in [6, 6.07) is 5.48. The van der Waals surface area contributed by atoms with Crippen molar-refractivity contribution < 1.29 is 29.1 Å². The fourth-order valence-corrected chi connectivity index (χ4v) is 8.21. The average molecular weight is 977 g/mol. The molecule has 7 N–H and O–H groups in total. The van der Waals surface area contributed by atoms with Crippen LogP contribution < -0.4 is 27.0 Å². The van der Waals surface area contributed by atoms with Crippen LogP contribution in [0.4, 0.5) is 0 Å². The number of nitrogens with two attached hydrogens (primary N) is 1. The molecule has 0 aliphatic rings. The molecule has 0 radical (unpaired) electrons. The Morgan fingerprint density at radius 1 is 0.529 bits per heavy atom. The molecule has 4 amide bonds. The average Bonchev–Trinajstić information content (AvgIpc) is 3.35. The van der Waals surface area contributed by atoms with E-state index >= 15 is 0 Å². The largest absolute Gasteiger partial charge is 0.480 e. The van der Waals surface area contributed by atoms with Crippen LogP contribution in [0.15, 0.2) is 53.6 Å². The number of hydrogen-bond donors (Lipinski definition) is 6. The van der Waals surface area contributed by atoms with E-state index in [4.69, 9.17) is 10.8 Å².